The minimum absolute atomic E-state index is 0.446. The smallest absolute Gasteiger partial charge is 0.147 e. The van der Waals surface area contributed by atoms with Gasteiger partial charge in [-0.1, -0.05) is 37.0 Å². The zero-order chi connectivity index (χ0) is 14.0. The van der Waals surface area contributed by atoms with E-state index in [0.29, 0.717) is 21.9 Å². The molecule has 0 amide bonds. The van der Waals surface area contributed by atoms with E-state index in [0.717, 1.165) is 24.1 Å². The molecule has 3 atom stereocenters. The summed E-state index contributed by atoms with van der Waals surface area (Å²) >= 11 is 12.3. The Morgan fingerprint density at radius 3 is 2.42 bits per heavy atom. The second kappa shape index (κ2) is 6.19. The van der Waals surface area contributed by atoms with Gasteiger partial charge in [0.2, 0.25) is 0 Å². The topological polar surface area (TPSA) is 37.0 Å². The summed E-state index contributed by atoms with van der Waals surface area (Å²) in [5.74, 6) is 2.92. The van der Waals surface area contributed by atoms with E-state index in [-0.39, 0.29) is 0 Å². The zero-order valence-electron chi connectivity index (χ0n) is 11.6. The number of nitrogens with zero attached hydrogens (tertiary/aromatic N) is 1. The van der Waals surface area contributed by atoms with Gasteiger partial charge < -0.3 is 10.6 Å². The summed E-state index contributed by atoms with van der Waals surface area (Å²) in [5.41, 5.74) is 0. The fourth-order valence-electron chi connectivity index (χ4n) is 2.62. The van der Waals surface area contributed by atoms with Crippen LogP contribution in [0.15, 0.2) is 6.07 Å². The average molecular weight is 302 g/mol. The van der Waals surface area contributed by atoms with Crippen LogP contribution in [-0.2, 0) is 0 Å². The third kappa shape index (κ3) is 3.46. The van der Waals surface area contributed by atoms with Crippen LogP contribution in [-0.4, -0.2) is 18.1 Å². The monoisotopic (exact) mass is 301 g/mol. The van der Waals surface area contributed by atoms with Crippen molar-refractivity contribution in [2.45, 2.75) is 39.2 Å². The third-order valence-corrected chi connectivity index (χ3v) is 4.68. The molecule has 1 aliphatic carbocycles. The highest BCUT2D eigenvalue weighted by molar-refractivity contribution is 6.37. The van der Waals surface area contributed by atoms with Gasteiger partial charge in [-0.2, -0.15) is 0 Å². The van der Waals surface area contributed by atoms with Gasteiger partial charge in [-0.05, 0) is 37.2 Å². The van der Waals surface area contributed by atoms with E-state index in [2.05, 4.69) is 29.5 Å². The van der Waals surface area contributed by atoms with E-state index in [1.165, 1.54) is 12.8 Å². The molecule has 106 valence electrons. The molecule has 0 aliphatic heterocycles. The van der Waals surface area contributed by atoms with Crippen LogP contribution in [0.2, 0.25) is 10.0 Å². The molecule has 1 saturated carbocycles. The number of aromatic nitrogens is 1. The molecule has 2 N–H and O–H groups in total. The van der Waals surface area contributed by atoms with Crippen LogP contribution >= 0.6 is 23.2 Å². The summed E-state index contributed by atoms with van der Waals surface area (Å²) in [6.45, 7) is 4.64. The molecule has 0 aromatic carbocycles. The second-order valence-electron chi connectivity index (χ2n) is 5.51. The van der Waals surface area contributed by atoms with Crippen LogP contribution in [0.3, 0.4) is 0 Å². The Morgan fingerprint density at radius 2 is 1.79 bits per heavy atom. The van der Waals surface area contributed by atoms with Crippen molar-refractivity contribution in [1.82, 2.24) is 4.98 Å². The lowest BCUT2D eigenvalue weighted by atomic mass is 9.79. The number of hydrogen-bond donors (Lipinski definition) is 2. The molecule has 0 radical (unpaired) electrons. The van der Waals surface area contributed by atoms with Crippen LogP contribution in [0, 0.1) is 11.8 Å². The first-order valence-corrected chi connectivity index (χ1v) is 7.57. The molecule has 0 bridgehead atoms. The Balaban J connectivity index is 2.11. The highest BCUT2D eigenvalue weighted by Crippen LogP contribution is 2.34. The standard InChI is InChI=1S/C14H21Cl2N3/c1-8-4-5-10(6-9(8)2)18-14-12(16)7-11(15)13(17-3)19-14/h7-10H,4-6H2,1-3H3,(H2,17,18,19). The predicted molar refractivity (Wildman–Crippen MR) is 83.4 cm³/mol. The molecule has 3 nitrogen and oxygen atoms in total. The molecule has 1 fully saturated rings. The van der Waals surface area contributed by atoms with E-state index in [1.807, 2.05) is 0 Å². The first kappa shape index (κ1) is 14.7. The average Bonchev–Trinajstić information content (AvgIpc) is 2.37. The molecule has 3 unspecified atom stereocenters. The number of hydrogen-bond acceptors (Lipinski definition) is 3. The molecule has 0 spiro atoms. The van der Waals surface area contributed by atoms with Crippen molar-refractivity contribution in [3.8, 4) is 0 Å². The Hall–Kier alpha value is -0.670. The van der Waals surface area contributed by atoms with Gasteiger partial charge in [-0.15, -0.1) is 0 Å². The Bertz CT molecular complexity index is 451. The van der Waals surface area contributed by atoms with Gasteiger partial charge in [-0.25, -0.2) is 4.98 Å². The van der Waals surface area contributed by atoms with Gasteiger partial charge in [0.1, 0.15) is 11.6 Å². The van der Waals surface area contributed by atoms with Crippen molar-refractivity contribution in [1.29, 1.82) is 0 Å². The molecule has 0 saturated heterocycles. The minimum Gasteiger partial charge on any atom is -0.372 e. The molecule has 1 aromatic heterocycles. The van der Waals surface area contributed by atoms with Crippen molar-refractivity contribution in [2.24, 2.45) is 11.8 Å². The maximum Gasteiger partial charge on any atom is 0.147 e. The molecule has 5 heteroatoms. The molecule has 1 aromatic rings. The fraction of sp³-hybridized carbons (Fsp3) is 0.643. The summed E-state index contributed by atoms with van der Waals surface area (Å²) in [7, 11) is 1.80. The van der Waals surface area contributed by atoms with Gasteiger partial charge in [0.05, 0.1) is 10.0 Å². The van der Waals surface area contributed by atoms with Crippen LogP contribution in [0.5, 0.6) is 0 Å². The third-order valence-electron chi connectivity index (χ3n) is 4.11. The van der Waals surface area contributed by atoms with E-state index >= 15 is 0 Å². The maximum absolute atomic E-state index is 6.21. The number of pyridine rings is 1. The number of anilines is 2. The lowest BCUT2D eigenvalue weighted by Crippen LogP contribution is -2.30. The Kier molecular flexibility index (Phi) is 4.80. The number of halogens is 2. The van der Waals surface area contributed by atoms with Gasteiger partial charge >= 0.3 is 0 Å². The molecule has 19 heavy (non-hydrogen) atoms. The van der Waals surface area contributed by atoms with Gasteiger partial charge in [0.15, 0.2) is 0 Å². The zero-order valence-corrected chi connectivity index (χ0v) is 13.1. The van der Waals surface area contributed by atoms with Crippen LogP contribution in [0.4, 0.5) is 11.6 Å². The van der Waals surface area contributed by atoms with Crippen molar-refractivity contribution < 1.29 is 0 Å². The Morgan fingerprint density at radius 1 is 1.11 bits per heavy atom. The fourth-order valence-corrected chi connectivity index (χ4v) is 3.12. The van der Waals surface area contributed by atoms with E-state index in [9.17, 15) is 0 Å². The summed E-state index contributed by atoms with van der Waals surface area (Å²) in [6.07, 6.45) is 3.58. The molecule has 1 heterocycles. The molecule has 2 rings (SSSR count). The van der Waals surface area contributed by atoms with Crippen molar-refractivity contribution in [2.75, 3.05) is 17.7 Å². The highest BCUT2D eigenvalue weighted by Gasteiger charge is 2.25. The maximum atomic E-state index is 6.21. The van der Waals surface area contributed by atoms with Crippen molar-refractivity contribution in [3.63, 3.8) is 0 Å². The van der Waals surface area contributed by atoms with E-state index in [4.69, 9.17) is 23.2 Å². The lowest BCUT2D eigenvalue weighted by molar-refractivity contribution is 0.260. The first-order chi connectivity index (χ1) is 9.01. The van der Waals surface area contributed by atoms with E-state index in [1.54, 1.807) is 13.1 Å². The van der Waals surface area contributed by atoms with E-state index < -0.39 is 0 Å². The Labute approximate surface area is 125 Å². The molecular formula is C14H21Cl2N3. The predicted octanol–water partition coefficient (Wildman–Crippen LogP) is 4.67. The van der Waals surface area contributed by atoms with Gasteiger partial charge in [0.25, 0.3) is 0 Å². The van der Waals surface area contributed by atoms with Crippen LogP contribution in [0.1, 0.15) is 33.1 Å². The SMILES string of the molecule is CNc1nc(NC2CCC(C)C(C)C2)c(Cl)cc1Cl. The van der Waals surface area contributed by atoms with Crippen LogP contribution < -0.4 is 10.6 Å². The quantitative estimate of drug-likeness (QED) is 0.852. The highest BCUT2D eigenvalue weighted by atomic mass is 35.5. The summed E-state index contributed by atoms with van der Waals surface area (Å²) < 4.78 is 0. The second-order valence-corrected chi connectivity index (χ2v) is 6.32. The molecular weight excluding hydrogens is 281 g/mol. The summed E-state index contributed by atoms with van der Waals surface area (Å²) in [6, 6.07) is 2.18. The van der Waals surface area contributed by atoms with Gasteiger partial charge in [-0.3, -0.25) is 0 Å². The lowest BCUT2D eigenvalue weighted by Gasteiger charge is -2.33. The molecule has 1 aliphatic rings. The summed E-state index contributed by atoms with van der Waals surface area (Å²) in [5, 5.41) is 7.56. The number of rotatable bonds is 3. The normalized spacial score (nSPS) is 27.1. The summed E-state index contributed by atoms with van der Waals surface area (Å²) in [4.78, 5) is 4.44. The number of nitrogens with one attached hydrogen (secondary N) is 2. The largest absolute Gasteiger partial charge is 0.372 e. The minimum atomic E-state index is 0.446. The van der Waals surface area contributed by atoms with Crippen molar-refractivity contribution in [3.05, 3.63) is 16.1 Å². The first-order valence-electron chi connectivity index (χ1n) is 6.81. The van der Waals surface area contributed by atoms with Gasteiger partial charge in [0, 0.05) is 13.1 Å². The van der Waals surface area contributed by atoms with Crippen LogP contribution in [0.25, 0.3) is 0 Å². The van der Waals surface area contributed by atoms with Crippen molar-refractivity contribution >= 4 is 34.8 Å².